The summed E-state index contributed by atoms with van der Waals surface area (Å²) in [5.41, 5.74) is 0. The van der Waals surface area contributed by atoms with E-state index in [-0.39, 0.29) is 12.2 Å². The summed E-state index contributed by atoms with van der Waals surface area (Å²) in [7, 11) is 0. The fourth-order valence-electron chi connectivity index (χ4n) is 2.40. The van der Waals surface area contributed by atoms with Crippen LogP contribution in [0.1, 0.15) is 90.9 Å². The Bertz CT molecular complexity index is 159. The molecule has 0 aromatic rings. The van der Waals surface area contributed by atoms with E-state index in [9.17, 15) is 10.2 Å². The first-order valence-corrected chi connectivity index (χ1v) is 8.06. The molecule has 0 aromatic carbocycles. The van der Waals surface area contributed by atoms with Gasteiger partial charge in [-0.25, -0.2) is 0 Å². The highest BCUT2D eigenvalue weighted by molar-refractivity contribution is 4.63. The van der Waals surface area contributed by atoms with E-state index < -0.39 is 0 Å². The highest BCUT2D eigenvalue weighted by Crippen LogP contribution is 2.13. The first kappa shape index (κ1) is 17.9. The van der Waals surface area contributed by atoms with Crippen LogP contribution in [-0.4, -0.2) is 22.4 Å². The summed E-state index contributed by atoms with van der Waals surface area (Å²) in [6.45, 7) is 4.31. The van der Waals surface area contributed by atoms with Gasteiger partial charge in [0.25, 0.3) is 0 Å². The standard InChI is InChI=1S/C16H34O2/c1-3-5-6-7-8-9-10-11-13-16(18)14-15(17)12-4-2/h15-18H,3-14H2,1-2H3. The minimum absolute atomic E-state index is 0.299. The first-order valence-electron chi connectivity index (χ1n) is 8.06. The Labute approximate surface area is 114 Å². The number of rotatable bonds is 13. The fraction of sp³-hybridized carbons (Fsp3) is 1.00. The van der Waals surface area contributed by atoms with Crippen molar-refractivity contribution < 1.29 is 10.2 Å². The molecule has 18 heavy (non-hydrogen) atoms. The van der Waals surface area contributed by atoms with E-state index in [1.54, 1.807) is 0 Å². The molecular weight excluding hydrogens is 224 g/mol. The summed E-state index contributed by atoms with van der Waals surface area (Å²) >= 11 is 0. The van der Waals surface area contributed by atoms with E-state index in [1.165, 1.54) is 44.9 Å². The molecule has 0 rings (SSSR count). The first-order chi connectivity index (χ1) is 8.70. The lowest BCUT2D eigenvalue weighted by atomic mass is 10.0. The van der Waals surface area contributed by atoms with Gasteiger partial charge in [0.15, 0.2) is 0 Å². The van der Waals surface area contributed by atoms with Crippen molar-refractivity contribution in [2.24, 2.45) is 0 Å². The predicted octanol–water partition coefficient (Wildman–Crippen LogP) is 4.43. The lowest BCUT2D eigenvalue weighted by molar-refractivity contribution is 0.0692. The van der Waals surface area contributed by atoms with Gasteiger partial charge in [-0.1, -0.05) is 71.6 Å². The van der Waals surface area contributed by atoms with Crippen molar-refractivity contribution in [3.05, 3.63) is 0 Å². The van der Waals surface area contributed by atoms with Gasteiger partial charge < -0.3 is 10.2 Å². The van der Waals surface area contributed by atoms with Crippen molar-refractivity contribution in [1.29, 1.82) is 0 Å². The molecule has 2 N–H and O–H groups in total. The summed E-state index contributed by atoms with van der Waals surface area (Å²) in [5.74, 6) is 0. The van der Waals surface area contributed by atoms with Crippen LogP contribution in [0.15, 0.2) is 0 Å². The summed E-state index contributed by atoms with van der Waals surface area (Å²) in [4.78, 5) is 0. The van der Waals surface area contributed by atoms with Crippen LogP contribution in [0.25, 0.3) is 0 Å². The Morgan fingerprint density at radius 2 is 1.11 bits per heavy atom. The third-order valence-electron chi connectivity index (χ3n) is 3.56. The Balaban J connectivity index is 3.22. The second kappa shape index (κ2) is 13.4. The Kier molecular flexibility index (Phi) is 13.3. The molecule has 0 aliphatic heterocycles. The minimum Gasteiger partial charge on any atom is -0.393 e. The van der Waals surface area contributed by atoms with Crippen LogP contribution in [0, 0.1) is 0 Å². The smallest absolute Gasteiger partial charge is 0.0564 e. The van der Waals surface area contributed by atoms with Crippen LogP contribution in [0.4, 0.5) is 0 Å². The molecule has 2 atom stereocenters. The lowest BCUT2D eigenvalue weighted by Gasteiger charge is -2.14. The molecule has 0 saturated carbocycles. The zero-order valence-electron chi connectivity index (χ0n) is 12.5. The fourth-order valence-corrected chi connectivity index (χ4v) is 2.40. The van der Waals surface area contributed by atoms with Crippen LogP contribution in [0.5, 0.6) is 0 Å². The molecule has 0 spiro atoms. The Hall–Kier alpha value is -0.0800. The zero-order valence-corrected chi connectivity index (χ0v) is 12.5. The van der Waals surface area contributed by atoms with Gasteiger partial charge in [-0.2, -0.15) is 0 Å². The van der Waals surface area contributed by atoms with E-state index in [0.29, 0.717) is 6.42 Å². The van der Waals surface area contributed by atoms with E-state index in [1.807, 2.05) is 0 Å². The third kappa shape index (κ3) is 12.4. The molecule has 0 aliphatic rings. The molecule has 0 aromatic heterocycles. The third-order valence-corrected chi connectivity index (χ3v) is 3.56. The summed E-state index contributed by atoms with van der Waals surface area (Å²) in [5, 5.41) is 19.3. The van der Waals surface area contributed by atoms with Gasteiger partial charge in [0, 0.05) is 0 Å². The summed E-state index contributed by atoms with van der Waals surface area (Å²) in [6.07, 6.45) is 13.0. The van der Waals surface area contributed by atoms with Crippen LogP contribution in [-0.2, 0) is 0 Å². The number of aliphatic hydroxyl groups is 2. The van der Waals surface area contributed by atoms with Crippen molar-refractivity contribution in [3.63, 3.8) is 0 Å². The molecular formula is C16H34O2. The van der Waals surface area contributed by atoms with Crippen molar-refractivity contribution >= 4 is 0 Å². The molecule has 0 heterocycles. The Morgan fingerprint density at radius 3 is 1.67 bits per heavy atom. The van der Waals surface area contributed by atoms with E-state index in [2.05, 4.69) is 13.8 Å². The Morgan fingerprint density at radius 1 is 0.611 bits per heavy atom. The van der Waals surface area contributed by atoms with Gasteiger partial charge in [0.05, 0.1) is 12.2 Å². The topological polar surface area (TPSA) is 40.5 Å². The lowest BCUT2D eigenvalue weighted by Crippen LogP contribution is -2.17. The highest BCUT2D eigenvalue weighted by atomic mass is 16.3. The summed E-state index contributed by atoms with van der Waals surface area (Å²) < 4.78 is 0. The molecule has 0 fully saturated rings. The van der Waals surface area contributed by atoms with Crippen LogP contribution >= 0.6 is 0 Å². The molecule has 0 bridgehead atoms. The molecule has 0 radical (unpaired) electrons. The SMILES string of the molecule is CCCCCCCCCCC(O)CC(O)CCC. The number of unbranched alkanes of at least 4 members (excludes halogenated alkanes) is 7. The van der Waals surface area contributed by atoms with Gasteiger partial charge in [-0.15, -0.1) is 0 Å². The molecule has 2 unspecified atom stereocenters. The van der Waals surface area contributed by atoms with Crippen LogP contribution < -0.4 is 0 Å². The van der Waals surface area contributed by atoms with Gasteiger partial charge in [0.2, 0.25) is 0 Å². The second-order valence-electron chi connectivity index (χ2n) is 5.60. The maximum Gasteiger partial charge on any atom is 0.0564 e. The normalized spacial score (nSPS) is 14.7. The number of hydrogen-bond donors (Lipinski definition) is 2. The maximum atomic E-state index is 9.76. The minimum atomic E-state index is -0.306. The average molecular weight is 258 g/mol. The van der Waals surface area contributed by atoms with E-state index in [0.717, 1.165) is 25.7 Å². The van der Waals surface area contributed by atoms with Crippen LogP contribution in [0.2, 0.25) is 0 Å². The molecule has 2 nitrogen and oxygen atoms in total. The maximum absolute atomic E-state index is 9.76. The van der Waals surface area contributed by atoms with Gasteiger partial charge >= 0.3 is 0 Å². The zero-order chi connectivity index (χ0) is 13.6. The number of aliphatic hydroxyl groups excluding tert-OH is 2. The molecule has 0 amide bonds. The number of hydrogen-bond acceptors (Lipinski definition) is 2. The second-order valence-corrected chi connectivity index (χ2v) is 5.60. The monoisotopic (exact) mass is 258 g/mol. The molecule has 2 heteroatoms. The molecule has 0 aliphatic carbocycles. The highest BCUT2D eigenvalue weighted by Gasteiger charge is 2.10. The quantitative estimate of drug-likeness (QED) is 0.480. The summed E-state index contributed by atoms with van der Waals surface area (Å²) in [6, 6.07) is 0. The molecule has 110 valence electrons. The largest absolute Gasteiger partial charge is 0.393 e. The van der Waals surface area contributed by atoms with Crippen molar-refractivity contribution in [2.75, 3.05) is 0 Å². The van der Waals surface area contributed by atoms with Crippen molar-refractivity contribution in [3.8, 4) is 0 Å². The van der Waals surface area contributed by atoms with Gasteiger partial charge in [-0.3, -0.25) is 0 Å². The predicted molar refractivity (Wildman–Crippen MR) is 78.8 cm³/mol. The van der Waals surface area contributed by atoms with Crippen molar-refractivity contribution in [2.45, 2.75) is 103 Å². The average Bonchev–Trinajstić information content (AvgIpc) is 2.32. The van der Waals surface area contributed by atoms with E-state index in [4.69, 9.17) is 0 Å². The van der Waals surface area contributed by atoms with Crippen LogP contribution in [0.3, 0.4) is 0 Å². The van der Waals surface area contributed by atoms with Crippen molar-refractivity contribution in [1.82, 2.24) is 0 Å². The molecule has 0 saturated heterocycles. The van der Waals surface area contributed by atoms with E-state index >= 15 is 0 Å². The van der Waals surface area contributed by atoms with Gasteiger partial charge in [0.1, 0.15) is 0 Å². The van der Waals surface area contributed by atoms with Gasteiger partial charge in [-0.05, 0) is 19.3 Å².